The average molecular weight is 284 g/mol. The second kappa shape index (κ2) is 6.98. The monoisotopic (exact) mass is 284 g/mol. The zero-order valence-corrected chi connectivity index (χ0v) is 11.6. The summed E-state index contributed by atoms with van der Waals surface area (Å²) in [6.07, 6.45) is 1.61. The van der Waals surface area contributed by atoms with E-state index in [1.54, 1.807) is 23.9 Å². The van der Waals surface area contributed by atoms with Crippen molar-refractivity contribution in [2.24, 2.45) is 7.05 Å². The molecule has 1 heterocycles. The van der Waals surface area contributed by atoms with Gasteiger partial charge in [-0.1, -0.05) is 0 Å². The molecule has 6 nitrogen and oxygen atoms in total. The zero-order valence-electron chi connectivity index (χ0n) is 10.8. The van der Waals surface area contributed by atoms with Gasteiger partial charge in [0.1, 0.15) is 5.69 Å². The number of nitrogens with zero attached hydrogens (tertiary/aromatic N) is 1. The minimum atomic E-state index is -0.870. The number of hydrogen-bond acceptors (Lipinski definition) is 4. The molecule has 7 heteroatoms. The van der Waals surface area contributed by atoms with E-state index in [1.807, 2.05) is 0 Å². The molecule has 0 aromatic carbocycles. The minimum Gasteiger partial charge on any atom is -0.481 e. The molecular formula is C12H16N2O4S. The Morgan fingerprint density at radius 1 is 1.42 bits per heavy atom. The second-order valence-corrected chi connectivity index (χ2v) is 5.09. The molecule has 1 aromatic heterocycles. The first-order chi connectivity index (χ1) is 8.91. The van der Waals surface area contributed by atoms with Gasteiger partial charge in [-0.3, -0.25) is 14.4 Å². The van der Waals surface area contributed by atoms with E-state index in [0.29, 0.717) is 23.6 Å². The summed E-state index contributed by atoms with van der Waals surface area (Å²) >= 11 is 1.24. The highest BCUT2D eigenvalue weighted by atomic mass is 32.2. The van der Waals surface area contributed by atoms with Crippen molar-refractivity contribution in [3.05, 3.63) is 23.5 Å². The number of thioether (sulfide) groups is 1. The molecule has 0 saturated carbocycles. The normalized spacial score (nSPS) is 10.2. The van der Waals surface area contributed by atoms with Gasteiger partial charge >= 0.3 is 5.97 Å². The zero-order chi connectivity index (χ0) is 14.4. The predicted octanol–water partition coefficient (Wildman–Crippen LogP) is 0.775. The quantitative estimate of drug-likeness (QED) is 0.570. The highest BCUT2D eigenvalue weighted by Crippen LogP contribution is 2.08. The molecule has 0 bridgehead atoms. The van der Waals surface area contributed by atoms with Crippen molar-refractivity contribution in [1.29, 1.82) is 0 Å². The summed E-state index contributed by atoms with van der Waals surface area (Å²) in [5.74, 6) is -0.682. The highest BCUT2D eigenvalue weighted by molar-refractivity contribution is 7.99. The van der Waals surface area contributed by atoms with Crippen LogP contribution >= 0.6 is 11.8 Å². The summed E-state index contributed by atoms with van der Waals surface area (Å²) in [5.41, 5.74) is 0.904. The summed E-state index contributed by atoms with van der Waals surface area (Å²) in [7, 11) is 1.69. The smallest absolute Gasteiger partial charge is 0.313 e. The summed E-state index contributed by atoms with van der Waals surface area (Å²) in [5, 5.41) is 11.1. The molecule has 0 unspecified atom stereocenters. The van der Waals surface area contributed by atoms with Gasteiger partial charge in [0.25, 0.3) is 5.91 Å². The molecule has 1 amide bonds. The van der Waals surface area contributed by atoms with Gasteiger partial charge in [0.15, 0.2) is 5.78 Å². The highest BCUT2D eigenvalue weighted by Gasteiger charge is 2.13. The van der Waals surface area contributed by atoms with Gasteiger partial charge in [0, 0.05) is 31.1 Å². The van der Waals surface area contributed by atoms with Crippen molar-refractivity contribution in [3.8, 4) is 0 Å². The van der Waals surface area contributed by atoms with Gasteiger partial charge in [0.05, 0.1) is 5.75 Å². The van der Waals surface area contributed by atoms with E-state index in [9.17, 15) is 14.4 Å². The van der Waals surface area contributed by atoms with Crippen LogP contribution in [0.3, 0.4) is 0 Å². The molecule has 0 fully saturated rings. The summed E-state index contributed by atoms with van der Waals surface area (Å²) in [6.45, 7) is 1.83. The van der Waals surface area contributed by atoms with Crippen molar-refractivity contribution in [2.45, 2.75) is 6.92 Å². The number of amides is 1. The van der Waals surface area contributed by atoms with E-state index in [-0.39, 0.29) is 17.4 Å². The van der Waals surface area contributed by atoms with Crippen LogP contribution < -0.4 is 5.32 Å². The van der Waals surface area contributed by atoms with E-state index in [4.69, 9.17) is 5.11 Å². The van der Waals surface area contributed by atoms with Crippen LogP contribution in [0.5, 0.6) is 0 Å². The lowest BCUT2D eigenvalue weighted by Crippen LogP contribution is -2.27. The number of carboxylic acid groups (broad SMARTS) is 1. The Kier molecular flexibility index (Phi) is 5.62. The Hall–Kier alpha value is -1.76. The fourth-order valence-electron chi connectivity index (χ4n) is 1.47. The summed E-state index contributed by atoms with van der Waals surface area (Å²) in [4.78, 5) is 33.3. The lowest BCUT2D eigenvalue weighted by Gasteiger charge is -2.05. The van der Waals surface area contributed by atoms with Crippen molar-refractivity contribution < 1.29 is 19.5 Å². The van der Waals surface area contributed by atoms with E-state index >= 15 is 0 Å². The van der Waals surface area contributed by atoms with Gasteiger partial charge in [-0.2, -0.15) is 0 Å². The van der Waals surface area contributed by atoms with Crippen LogP contribution in [-0.2, 0) is 11.8 Å². The molecule has 19 heavy (non-hydrogen) atoms. The molecule has 1 rings (SSSR count). The van der Waals surface area contributed by atoms with Gasteiger partial charge in [-0.15, -0.1) is 11.8 Å². The maximum Gasteiger partial charge on any atom is 0.313 e. The first kappa shape index (κ1) is 15.3. The lowest BCUT2D eigenvalue weighted by atomic mass is 10.2. The van der Waals surface area contributed by atoms with Crippen molar-refractivity contribution >= 4 is 29.4 Å². The molecule has 0 radical (unpaired) electrons. The lowest BCUT2D eigenvalue weighted by molar-refractivity contribution is -0.133. The number of Topliss-reactive ketones (excluding diaryl/α,β-unsaturated/α-hetero) is 1. The van der Waals surface area contributed by atoms with Crippen LogP contribution in [0.1, 0.15) is 27.8 Å². The molecule has 0 aliphatic carbocycles. The second-order valence-electron chi connectivity index (χ2n) is 3.98. The van der Waals surface area contributed by atoms with E-state index in [0.717, 1.165) is 0 Å². The van der Waals surface area contributed by atoms with E-state index in [2.05, 4.69) is 5.32 Å². The number of carboxylic acids is 1. The third-order valence-electron chi connectivity index (χ3n) is 2.40. The number of rotatable bonds is 7. The molecule has 104 valence electrons. The maximum absolute atomic E-state index is 11.8. The summed E-state index contributed by atoms with van der Waals surface area (Å²) < 4.78 is 1.59. The van der Waals surface area contributed by atoms with Gasteiger partial charge in [-0.25, -0.2) is 0 Å². The molecule has 0 aliphatic rings. The minimum absolute atomic E-state index is 0.0223. The Morgan fingerprint density at radius 3 is 2.63 bits per heavy atom. The number of aliphatic carboxylic acids is 1. The van der Waals surface area contributed by atoms with Crippen LogP contribution in [0, 0.1) is 0 Å². The molecule has 2 N–H and O–H groups in total. The number of ketones is 1. The average Bonchev–Trinajstić information content (AvgIpc) is 2.70. The Morgan fingerprint density at radius 2 is 2.11 bits per heavy atom. The topological polar surface area (TPSA) is 88.4 Å². The van der Waals surface area contributed by atoms with Gasteiger partial charge in [-0.05, 0) is 13.0 Å². The third kappa shape index (κ3) is 4.78. The molecular weight excluding hydrogens is 268 g/mol. The van der Waals surface area contributed by atoms with Crippen molar-refractivity contribution in [1.82, 2.24) is 9.88 Å². The molecule has 0 spiro atoms. The first-order valence-electron chi connectivity index (χ1n) is 5.67. The number of aromatic nitrogens is 1. The van der Waals surface area contributed by atoms with Crippen LogP contribution in [0.25, 0.3) is 0 Å². The van der Waals surface area contributed by atoms with Crippen molar-refractivity contribution in [3.63, 3.8) is 0 Å². The van der Waals surface area contributed by atoms with Gasteiger partial charge < -0.3 is 15.0 Å². The van der Waals surface area contributed by atoms with Crippen molar-refractivity contribution in [2.75, 3.05) is 18.1 Å². The standard InChI is InChI=1S/C12H16N2O4S/c1-8(15)9-5-10(14(2)6-9)12(18)13-3-4-19-7-11(16)17/h5-6H,3-4,7H2,1-2H3,(H,13,18)(H,16,17). The number of carbonyl (C=O) groups is 3. The van der Waals surface area contributed by atoms with E-state index < -0.39 is 5.97 Å². The number of carbonyl (C=O) groups excluding carboxylic acids is 2. The number of aryl methyl sites for hydroxylation is 1. The number of hydrogen-bond donors (Lipinski definition) is 2. The Balaban J connectivity index is 2.45. The molecule has 1 aromatic rings. The van der Waals surface area contributed by atoms with Crippen LogP contribution in [0.15, 0.2) is 12.3 Å². The van der Waals surface area contributed by atoms with E-state index in [1.165, 1.54) is 18.7 Å². The Labute approximate surface area is 115 Å². The predicted molar refractivity (Wildman–Crippen MR) is 72.7 cm³/mol. The van der Waals surface area contributed by atoms with Crippen LogP contribution in [0.2, 0.25) is 0 Å². The molecule has 0 saturated heterocycles. The first-order valence-corrected chi connectivity index (χ1v) is 6.82. The number of nitrogens with one attached hydrogen (secondary N) is 1. The summed E-state index contributed by atoms with van der Waals surface area (Å²) in [6, 6.07) is 1.54. The SMILES string of the molecule is CC(=O)c1cc(C(=O)NCCSCC(=O)O)n(C)c1. The van der Waals surface area contributed by atoms with Crippen LogP contribution in [-0.4, -0.2) is 45.4 Å². The van der Waals surface area contributed by atoms with Gasteiger partial charge in [0.2, 0.25) is 0 Å². The largest absolute Gasteiger partial charge is 0.481 e. The Bertz CT molecular complexity index is 496. The fraction of sp³-hybridized carbons (Fsp3) is 0.417. The molecule has 0 aliphatic heterocycles. The fourth-order valence-corrected chi connectivity index (χ4v) is 2.03. The molecule has 0 atom stereocenters. The maximum atomic E-state index is 11.8. The third-order valence-corrected chi connectivity index (χ3v) is 3.35. The van der Waals surface area contributed by atoms with Crippen LogP contribution in [0.4, 0.5) is 0 Å².